The van der Waals surface area contributed by atoms with Gasteiger partial charge in [-0.2, -0.15) is 0 Å². The molecule has 3 rings (SSSR count). The fraction of sp³-hybridized carbons (Fsp3) is 0.500. The summed E-state index contributed by atoms with van der Waals surface area (Å²) in [5.41, 5.74) is 0.752. The summed E-state index contributed by atoms with van der Waals surface area (Å²) in [6, 6.07) is 3.05. The molecule has 2 aliphatic rings. The van der Waals surface area contributed by atoms with E-state index in [1.165, 1.54) is 6.07 Å². The predicted molar refractivity (Wildman–Crippen MR) is 76.7 cm³/mol. The van der Waals surface area contributed by atoms with Crippen LogP contribution in [0.2, 0.25) is 0 Å². The van der Waals surface area contributed by atoms with Gasteiger partial charge in [0.1, 0.15) is 11.4 Å². The molecule has 1 amide bonds. The molecule has 2 unspecified atom stereocenters. The first-order valence-corrected chi connectivity index (χ1v) is 7.38. The maximum absolute atomic E-state index is 13.6. The van der Waals surface area contributed by atoms with E-state index in [4.69, 9.17) is 0 Å². The molecule has 19 heavy (non-hydrogen) atoms. The minimum atomic E-state index is -0.565. The van der Waals surface area contributed by atoms with Crippen molar-refractivity contribution in [1.82, 2.24) is 0 Å². The zero-order valence-corrected chi connectivity index (χ0v) is 12.3. The fourth-order valence-corrected chi connectivity index (χ4v) is 3.52. The van der Waals surface area contributed by atoms with Crippen LogP contribution in [0.1, 0.15) is 32.6 Å². The van der Waals surface area contributed by atoms with Crippen molar-refractivity contribution in [2.45, 2.75) is 38.1 Å². The van der Waals surface area contributed by atoms with Crippen molar-refractivity contribution in [3.63, 3.8) is 0 Å². The van der Waals surface area contributed by atoms with Crippen molar-refractivity contribution < 1.29 is 9.18 Å². The molecule has 1 aliphatic carbocycles. The molecule has 3 nitrogen and oxygen atoms in total. The zero-order valence-electron chi connectivity index (χ0n) is 10.7. The quantitative estimate of drug-likeness (QED) is 0.759. The van der Waals surface area contributed by atoms with E-state index < -0.39 is 5.54 Å². The maximum atomic E-state index is 13.6. The number of nitrogens with one attached hydrogen (secondary N) is 2. The third-order valence-corrected chi connectivity index (χ3v) is 4.72. The number of carbonyl (C=O) groups is 1. The van der Waals surface area contributed by atoms with Crippen LogP contribution in [0.15, 0.2) is 16.6 Å². The van der Waals surface area contributed by atoms with E-state index in [2.05, 4.69) is 33.5 Å². The molecule has 1 aromatic carbocycles. The molecule has 2 atom stereocenters. The van der Waals surface area contributed by atoms with E-state index in [9.17, 15) is 9.18 Å². The average molecular weight is 327 g/mol. The summed E-state index contributed by atoms with van der Waals surface area (Å²) >= 11 is 3.14. The normalized spacial score (nSPS) is 29.6. The van der Waals surface area contributed by atoms with Crippen LogP contribution >= 0.6 is 15.9 Å². The van der Waals surface area contributed by atoms with Crippen molar-refractivity contribution in [3.05, 3.63) is 22.4 Å². The van der Waals surface area contributed by atoms with Crippen LogP contribution in [0.4, 0.5) is 15.8 Å². The van der Waals surface area contributed by atoms with Gasteiger partial charge in [0.25, 0.3) is 0 Å². The van der Waals surface area contributed by atoms with Crippen LogP contribution in [0, 0.1) is 11.7 Å². The van der Waals surface area contributed by atoms with Crippen LogP contribution in [-0.4, -0.2) is 11.4 Å². The highest BCUT2D eigenvalue weighted by atomic mass is 79.9. The van der Waals surface area contributed by atoms with Gasteiger partial charge < -0.3 is 10.6 Å². The monoisotopic (exact) mass is 326 g/mol. The number of benzene rings is 1. The van der Waals surface area contributed by atoms with Crippen molar-refractivity contribution in [1.29, 1.82) is 0 Å². The Bertz CT molecular complexity index is 548. The van der Waals surface area contributed by atoms with Crippen molar-refractivity contribution in [2.24, 2.45) is 5.92 Å². The van der Waals surface area contributed by atoms with E-state index in [-0.39, 0.29) is 11.7 Å². The number of fused-ring (bicyclic) bond motifs is 1. The summed E-state index contributed by atoms with van der Waals surface area (Å²) in [7, 11) is 0. The van der Waals surface area contributed by atoms with Gasteiger partial charge in [-0.15, -0.1) is 0 Å². The predicted octanol–water partition coefficient (Wildman–Crippen LogP) is 3.90. The Kier molecular flexibility index (Phi) is 3.04. The second-order valence-electron chi connectivity index (χ2n) is 5.67. The molecular formula is C14H16BrFN2O. The first-order valence-electron chi connectivity index (χ1n) is 6.59. The largest absolute Gasteiger partial charge is 0.369 e. The van der Waals surface area contributed by atoms with Gasteiger partial charge in [0.15, 0.2) is 0 Å². The first-order chi connectivity index (χ1) is 9.00. The van der Waals surface area contributed by atoms with Gasteiger partial charge in [0.05, 0.1) is 15.8 Å². The van der Waals surface area contributed by atoms with E-state index in [0.717, 1.165) is 25.7 Å². The average Bonchev–Trinajstić information content (AvgIpc) is 2.34. The van der Waals surface area contributed by atoms with Gasteiger partial charge in [-0.05, 0) is 40.8 Å². The molecular weight excluding hydrogens is 311 g/mol. The van der Waals surface area contributed by atoms with Crippen LogP contribution in [0.5, 0.6) is 0 Å². The second-order valence-corrected chi connectivity index (χ2v) is 6.53. The third-order valence-electron chi connectivity index (χ3n) is 4.11. The Morgan fingerprint density at radius 3 is 2.95 bits per heavy atom. The molecule has 1 aliphatic heterocycles. The molecule has 0 radical (unpaired) electrons. The van der Waals surface area contributed by atoms with Crippen LogP contribution in [0.25, 0.3) is 0 Å². The summed E-state index contributed by atoms with van der Waals surface area (Å²) in [4.78, 5) is 12.4. The molecule has 5 heteroatoms. The Hall–Kier alpha value is -1.10. The lowest BCUT2D eigenvalue weighted by Gasteiger charge is -2.43. The Labute approximate surface area is 120 Å². The number of anilines is 2. The van der Waals surface area contributed by atoms with Gasteiger partial charge in [-0.25, -0.2) is 4.39 Å². The SMILES string of the molecule is CC1CCCC2(C1)Nc1cc(F)c(Br)cc1NC2=O. The highest BCUT2D eigenvalue weighted by Crippen LogP contribution is 2.42. The van der Waals surface area contributed by atoms with Crippen molar-refractivity contribution in [3.8, 4) is 0 Å². The Morgan fingerprint density at radius 1 is 1.42 bits per heavy atom. The topological polar surface area (TPSA) is 41.1 Å². The number of hydrogen-bond donors (Lipinski definition) is 2. The number of carbonyl (C=O) groups excluding carboxylic acids is 1. The van der Waals surface area contributed by atoms with Gasteiger partial charge in [0, 0.05) is 6.07 Å². The first kappa shape index (κ1) is 12.9. The van der Waals surface area contributed by atoms with Crippen LogP contribution in [0.3, 0.4) is 0 Å². The zero-order chi connectivity index (χ0) is 13.6. The lowest BCUT2D eigenvalue weighted by Crippen LogP contribution is -2.54. The Balaban J connectivity index is 1.99. The summed E-state index contributed by atoms with van der Waals surface area (Å²) in [6.07, 6.45) is 3.78. The second kappa shape index (κ2) is 4.47. The third kappa shape index (κ3) is 2.14. The van der Waals surface area contributed by atoms with E-state index >= 15 is 0 Å². The lowest BCUT2D eigenvalue weighted by molar-refractivity contribution is -0.122. The molecule has 1 spiro atoms. The molecule has 0 saturated heterocycles. The molecule has 1 aromatic rings. The highest BCUT2D eigenvalue weighted by molar-refractivity contribution is 9.10. The summed E-state index contributed by atoms with van der Waals surface area (Å²) in [5.74, 6) is 0.195. The van der Waals surface area contributed by atoms with Crippen molar-refractivity contribution >= 4 is 33.2 Å². The molecule has 102 valence electrons. The van der Waals surface area contributed by atoms with Crippen LogP contribution in [-0.2, 0) is 4.79 Å². The fourth-order valence-electron chi connectivity index (χ4n) is 3.18. The van der Waals surface area contributed by atoms with Gasteiger partial charge in [-0.1, -0.05) is 19.8 Å². The van der Waals surface area contributed by atoms with E-state index in [0.29, 0.717) is 21.8 Å². The maximum Gasteiger partial charge on any atom is 0.250 e. The smallest absolute Gasteiger partial charge is 0.250 e. The molecule has 1 fully saturated rings. The Morgan fingerprint density at radius 2 is 2.21 bits per heavy atom. The van der Waals surface area contributed by atoms with Crippen LogP contribution < -0.4 is 10.6 Å². The molecule has 2 N–H and O–H groups in total. The molecule has 1 heterocycles. The summed E-state index contributed by atoms with van der Waals surface area (Å²) in [5, 5.41) is 6.20. The summed E-state index contributed by atoms with van der Waals surface area (Å²) < 4.78 is 14.0. The number of halogens is 2. The van der Waals surface area contributed by atoms with Gasteiger partial charge in [-0.3, -0.25) is 4.79 Å². The van der Waals surface area contributed by atoms with Crippen molar-refractivity contribution in [2.75, 3.05) is 10.6 Å². The van der Waals surface area contributed by atoms with Gasteiger partial charge in [0.2, 0.25) is 5.91 Å². The van der Waals surface area contributed by atoms with E-state index in [1.807, 2.05) is 0 Å². The van der Waals surface area contributed by atoms with E-state index in [1.54, 1.807) is 6.07 Å². The molecule has 0 bridgehead atoms. The summed E-state index contributed by atoms with van der Waals surface area (Å²) in [6.45, 7) is 2.16. The number of hydrogen-bond acceptors (Lipinski definition) is 2. The number of amides is 1. The minimum absolute atomic E-state index is 0.00468. The highest BCUT2D eigenvalue weighted by Gasteiger charge is 2.44. The minimum Gasteiger partial charge on any atom is -0.369 e. The van der Waals surface area contributed by atoms with Gasteiger partial charge >= 0.3 is 0 Å². The molecule has 1 saturated carbocycles. The lowest BCUT2D eigenvalue weighted by atomic mass is 9.74. The standard InChI is InChI=1S/C14H16BrFN2O/c1-8-3-2-4-14(7-8)13(19)17-11-5-9(15)10(16)6-12(11)18-14/h5-6,8,18H,2-4,7H2,1H3,(H,17,19). The molecule has 0 aromatic heterocycles. The number of rotatable bonds is 0.